The number of rotatable bonds is 4. The van der Waals surface area contributed by atoms with Crippen molar-refractivity contribution in [3.05, 3.63) is 52.2 Å². The second-order valence-electron chi connectivity index (χ2n) is 5.29. The molecule has 1 aliphatic heterocycles. The molecule has 116 valence electrons. The van der Waals surface area contributed by atoms with Crippen LogP contribution in [0.15, 0.2) is 51.7 Å². The monoisotopic (exact) mass is 335 g/mol. The number of nitrogens with zero attached hydrogens (tertiary/aromatic N) is 2. The van der Waals surface area contributed by atoms with Crippen LogP contribution in [0, 0.1) is 0 Å². The molecule has 1 aromatic carbocycles. The molecule has 0 radical (unpaired) electrons. The van der Waals surface area contributed by atoms with Gasteiger partial charge in [-0.1, -0.05) is 18.2 Å². The Kier molecular flexibility index (Phi) is 4.03. The van der Waals surface area contributed by atoms with Gasteiger partial charge in [0, 0.05) is 10.4 Å². The van der Waals surface area contributed by atoms with Crippen molar-refractivity contribution in [2.45, 2.75) is 10.9 Å². The summed E-state index contributed by atoms with van der Waals surface area (Å²) in [6.07, 6.45) is 0. The summed E-state index contributed by atoms with van der Waals surface area (Å²) in [7, 11) is 0.526. The highest BCUT2D eigenvalue weighted by atomic mass is 32.2. The lowest BCUT2D eigenvalue weighted by Gasteiger charge is -2.21. The summed E-state index contributed by atoms with van der Waals surface area (Å²) in [4.78, 5) is 8.13. The number of amidine groups is 1. The Morgan fingerprint density at radius 2 is 2.00 bits per heavy atom. The van der Waals surface area contributed by atoms with Crippen LogP contribution in [0.25, 0.3) is 0 Å². The third-order valence-corrected chi connectivity index (χ3v) is 5.95. The van der Waals surface area contributed by atoms with E-state index in [4.69, 9.17) is 0 Å². The predicted octanol–water partition coefficient (Wildman–Crippen LogP) is 2.09. The molecule has 1 aromatic heterocycles. The van der Waals surface area contributed by atoms with Crippen molar-refractivity contribution < 1.29 is 8.42 Å². The average molecular weight is 335 g/mol. The molecule has 0 saturated carbocycles. The van der Waals surface area contributed by atoms with Gasteiger partial charge in [-0.3, -0.25) is 9.71 Å². The molecule has 0 unspecified atom stereocenters. The average Bonchev–Trinajstić information content (AvgIpc) is 3.07. The molecule has 0 bridgehead atoms. The van der Waals surface area contributed by atoms with E-state index < -0.39 is 10.0 Å². The smallest absolute Gasteiger partial charge is 0.263 e. The van der Waals surface area contributed by atoms with E-state index in [1.54, 1.807) is 29.5 Å². The molecule has 2 aromatic rings. The predicted molar refractivity (Wildman–Crippen MR) is 88.9 cm³/mol. The molecule has 1 atom stereocenters. The minimum Gasteiger partial charge on any atom is -0.300 e. The van der Waals surface area contributed by atoms with Gasteiger partial charge >= 0.3 is 0 Å². The molecule has 0 fully saturated rings. The largest absolute Gasteiger partial charge is 0.300 e. The van der Waals surface area contributed by atoms with Crippen molar-refractivity contribution >= 4 is 27.2 Å². The molecular formula is C15H17N3O2S2. The van der Waals surface area contributed by atoms with E-state index in [2.05, 4.69) is 20.7 Å². The SMILES string of the molecule is CN(C)[C@H](CN=C1NS(=O)(=O)c2ccccc21)c1cccs1. The summed E-state index contributed by atoms with van der Waals surface area (Å²) in [6, 6.07) is 11.1. The van der Waals surface area contributed by atoms with Crippen molar-refractivity contribution in [3.8, 4) is 0 Å². The normalized spacial score (nSPS) is 19.1. The topological polar surface area (TPSA) is 61.8 Å². The molecule has 2 heterocycles. The first-order valence-electron chi connectivity index (χ1n) is 6.85. The number of sulfonamides is 1. The molecule has 0 saturated heterocycles. The summed E-state index contributed by atoms with van der Waals surface area (Å²) in [6.45, 7) is 0.500. The van der Waals surface area contributed by atoms with E-state index in [-0.39, 0.29) is 6.04 Å². The molecule has 1 aliphatic rings. The van der Waals surface area contributed by atoms with Crippen LogP contribution in [0.5, 0.6) is 0 Å². The minimum atomic E-state index is -3.47. The highest BCUT2D eigenvalue weighted by molar-refractivity contribution is 7.90. The van der Waals surface area contributed by atoms with E-state index in [9.17, 15) is 8.42 Å². The van der Waals surface area contributed by atoms with Gasteiger partial charge in [-0.2, -0.15) is 0 Å². The number of nitrogens with one attached hydrogen (secondary N) is 1. The second kappa shape index (κ2) is 5.83. The number of likely N-dealkylation sites (N-methyl/N-ethyl adjacent to an activating group) is 1. The maximum Gasteiger partial charge on any atom is 0.263 e. The molecule has 0 spiro atoms. The standard InChI is InChI=1S/C15H17N3O2S2/c1-18(2)12(13-7-5-9-21-13)10-16-15-11-6-3-4-8-14(11)22(19,20)17-15/h3-9,12H,10H2,1-2H3,(H,16,17)/t12-/m1/s1. The van der Waals surface area contributed by atoms with E-state index in [1.165, 1.54) is 4.88 Å². The number of hydrogen-bond donors (Lipinski definition) is 1. The van der Waals surface area contributed by atoms with Gasteiger partial charge in [0.1, 0.15) is 5.84 Å². The quantitative estimate of drug-likeness (QED) is 0.931. The lowest BCUT2D eigenvalue weighted by atomic mass is 10.2. The molecule has 3 rings (SSSR count). The summed E-state index contributed by atoms with van der Waals surface area (Å²) >= 11 is 1.68. The maximum absolute atomic E-state index is 12.1. The van der Waals surface area contributed by atoms with Crippen LogP contribution in [0.2, 0.25) is 0 Å². The molecule has 1 N–H and O–H groups in total. The second-order valence-corrected chi connectivity index (χ2v) is 7.92. The van der Waals surface area contributed by atoms with Gasteiger partial charge in [0.2, 0.25) is 0 Å². The van der Waals surface area contributed by atoms with Gasteiger partial charge in [0.15, 0.2) is 0 Å². The van der Waals surface area contributed by atoms with Gasteiger partial charge in [0.05, 0.1) is 17.5 Å². The Morgan fingerprint density at radius 3 is 2.68 bits per heavy atom. The zero-order valence-corrected chi connectivity index (χ0v) is 14.0. The van der Waals surface area contributed by atoms with Crippen molar-refractivity contribution in [2.24, 2.45) is 4.99 Å². The van der Waals surface area contributed by atoms with Crippen molar-refractivity contribution in [2.75, 3.05) is 20.6 Å². The highest BCUT2D eigenvalue weighted by Gasteiger charge is 2.30. The van der Waals surface area contributed by atoms with Crippen molar-refractivity contribution in [3.63, 3.8) is 0 Å². The van der Waals surface area contributed by atoms with Gasteiger partial charge in [-0.15, -0.1) is 11.3 Å². The first kappa shape index (κ1) is 15.2. The van der Waals surface area contributed by atoms with Crippen LogP contribution >= 0.6 is 11.3 Å². The van der Waals surface area contributed by atoms with Crippen molar-refractivity contribution in [1.29, 1.82) is 0 Å². The van der Waals surface area contributed by atoms with Crippen LogP contribution in [-0.2, 0) is 10.0 Å². The third-order valence-electron chi connectivity index (χ3n) is 3.58. The Hall–Kier alpha value is -1.70. The van der Waals surface area contributed by atoms with Gasteiger partial charge in [-0.25, -0.2) is 8.42 Å². The molecular weight excluding hydrogens is 318 g/mol. The van der Waals surface area contributed by atoms with E-state index in [0.717, 1.165) is 0 Å². The van der Waals surface area contributed by atoms with Crippen LogP contribution in [0.3, 0.4) is 0 Å². The summed E-state index contributed by atoms with van der Waals surface area (Å²) in [5.41, 5.74) is 0.645. The first-order chi connectivity index (χ1) is 10.5. The summed E-state index contributed by atoms with van der Waals surface area (Å²) in [5.74, 6) is 0.430. The number of thiophene rings is 1. The van der Waals surface area contributed by atoms with Gasteiger partial charge in [-0.05, 0) is 37.7 Å². The highest BCUT2D eigenvalue weighted by Crippen LogP contribution is 2.25. The fourth-order valence-corrected chi connectivity index (χ4v) is 4.58. The first-order valence-corrected chi connectivity index (χ1v) is 9.22. The van der Waals surface area contributed by atoms with Crippen LogP contribution < -0.4 is 4.72 Å². The Labute approximate surface area is 134 Å². The van der Waals surface area contributed by atoms with Gasteiger partial charge in [0.25, 0.3) is 10.0 Å². The minimum absolute atomic E-state index is 0.129. The number of benzene rings is 1. The number of fused-ring (bicyclic) bond motifs is 1. The zero-order valence-electron chi connectivity index (χ0n) is 12.4. The van der Waals surface area contributed by atoms with Crippen LogP contribution in [0.1, 0.15) is 16.5 Å². The molecule has 7 heteroatoms. The third kappa shape index (κ3) is 2.79. The fourth-order valence-electron chi connectivity index (χ4n) is 2.42. The maximum atomic E-state index is 12.1. The number of hydrogen-bond acceptors (Lipinski definition) is 5. The Bertz CT molecular complexity index is 796. The van der Waals surface area contributed by atoms with E-state index in [0.29, 0.717) is 22.8 Å². The Morgan fingerprint density at radius 1 is 1.23 bits per heavy atom. The lowest BCUT2D eigenvalue weighted by Crippen LogP contribution is -2.26. The van der Waals surface area contributed by atoms with E-state index in [1.807, 2.05) is 31.6 Å². The van der Waals surface area contributed by atoms with Crippen LogP contribution in [-0.4, -0.2) is 39.8 Å². The fraction of sp³-hybridized carbons (Fsp3) is 0.267. The van der Waals surface area contributed by atoms with Gasteiger partial charge < -0.3 is 4.90 Å². The molecule has 0 amide bonds. The van der Waals surface area contributed by atoms with E-state index >= 15 is 0 Å². The zero-order chi connectivity index (χ0) is 15.7. The molecule has 0 aliphatic carbocycles. The number of aliphatic imine (C=N–C) groups is 1. The summed E-state index contributed by atoms with van der Waals surface area (Å²) in [5, 5.41) is 2.03. The molecule has 5 nitrogen and oxygen atoms in total. The van der Waals surface area contributed by atoms with Crippen LogP contribution in [0.4, 0.5) is 0 Å². The summed E-state index contributed by atoms with van der Waals surface area (Å²) < 4.78 is 26.7. The Balaban J connectivity index is 1.91. The lowest BCUT2D eigenvalue weighted by molar-refractivity contribution is 0.311. The van der Waals surface area contributed by atoms with Crippen molar-refractivity contribution in [1.82, 2.24) is 9.62 Å². The molecule has 22 heavy (non-hydrogen) atoms.